The van der Waals surface area contributed by atoms with E-state index >= 15 is 0 Å². The van der Waals surface area contributed by atoms with Gasteiger partial charge in [-0.3, -0.25) is 0 Å². The first-order valence-electron chi connectivity index (χ1n) is 4.55. The summed E-state index contributed by atoms with van der Waals surface area (Å²) in [6, 6.07) is 8.76. The fourth-order valence-corrected chi connectivity index (χ4v) is 1.66. The topological polar surface area (TPSA) is 80.3 Å². The van der Waals surface area contributed by atoms with Gasteiger partial charge in [0.2, 0.25) is 0 Å². The predicted octanol–water partition coefficient (Wildman–Crippen LogP) is -0.436. The number of hydrogen-bond acceptors (Lipinski definition) is 4. The number of fused-ring (bicyclic) bond motifs is 1. The Hall–Kier alpha value is -1.87. The number of rotatable bonds is 2. The number of carboxylic acid groups (broad SMARTS) is 2. The number of carboxylic acids is 2. The molecule has 4 nitrogen and oxygen atoms in total. The molecule has 0 unspecified atom stereocenters. The van der Waals surface area contributed by atoms with Crippen LogP contribution in [0.25, 0.3) is 10.8 Å². The van der Waals surface area contributed by atoms with Gasteiger partial charge in [0, 0.05) is 11.1 Å². The van der Waals surface area contributed by atoms with Crippen LogP contribution >= 0.6 is 0 Å². The Kier molecular flexibility index (Phi) is 3.86. The van der Waals surface area contributed by atoms with Crippen molar-refractivity contribution in [3.05, 3.63) is 47.5 Å². The van der Waals surface area contributed by atoms with E-state index in [2.05, 4.69) is 0 Å². The molecule has 0 amide bonds. The van der Waals surface area contributed by atoms with Gasteiger partial charge < -0.3 is 19.8 Å². The largest absolute Gasteiger partial charge is 2.00 e. The van der Waals surface area contributed by atoms with Gasteiger partial charge in [0.1, 0.15) is 0 Å². The van der Waals surface area contributed by atoms with Crippen LogP contribution in [-0.4, -0.2) is 11.9 Å². The van der Waals surface area contributed by atoms with Crippen LogP contribution in [0.4, 0.5) is 0 Å². The predicted molar refractivity (Wildman–Crippen MR) is 52.6 cm³/mol. The molecule has 2 rings (SSSR count). The normalized spacial score (nSPS) is 9.65. The van der Waals surface area contributed by atoms with Gasteiger partial charge in [-0.05, 0) is 10.8 Å². The summed E-state index contributed by atoms with van der Waals surface area (Å²) in [5.41, 5.74) is -0.0544. The Morgan fingerprint density at radius 3 is 1.41 bits per heavy atom. The Morgan fingerprint density at radius 2 is 1.12 bits per heavy atom. The number of benzene rings is 2. The first kappa shape index (κ1) is 13.2. The number of carbonyl (C=O) groups excluding carboxylic acids is 2. The Morgan fingerprint density at radius 1 is 0.765 bits per heavy atom. The maximum Gasteiger partial charge on any atom is 2.00 e. The van der Waals surface area contributed by atoms with Crippen molar-refractivity contribution in [2.75, 3.05) is 0 Å². The van der Waals surface area contributed by atoms with E-state index < -0.39 is 11.9 Å². The van der Waals surface area contributed by atoms with Crippen molar-refractivity contribution >= 4 is 22.7 Å². The first-order valence-corrected chi connectivity index (χ1v) is 4.55. The molecule has 0 atom stereocenters. The van der Waals surface area contributed by atoms with Crippen molar-refractivity contribution in [1.29, 1.82) is 0 Å². The molecule has 2 aromatic rings. The van der Waals surface area contributed by atoms with Crippen LogP contribution in [0, 0.1) is 0 Å². The summed E-state index contributed by atoms with van der Waals surface area (Å²) in [6.45, 7) is 0. The summed E-state index contributed by atoms with van der Waals surface area (Å²) in [5.74, 6) is -2.66. The zero-order chi connectivity index (χ0) is 11.7. The van der Waals surface area contributed by atoms with Gasteiger partial charge >= 0.3 is 16.5 Å². The van der Waals surface area contributed by atoms with Crippen LogP contribution in [0.15, 0.2) is 36.4 Å². The average Bonchev–Trinajstić information content (AvgIpc) is 2.27. The van der Waals surface area contributed by atoms with Crippen molar-refractivity contribution in [2.24, 2.45) is 0 Å². The van der Waals surface area contributed by atoms with Crippen molar-refractivity contribution in [1.82, 2.24) is 0 Å². The van der Waals surface area contributed by atoms with Gasteiger partial charge in [-0.2, -0.15) is 0 Å². The third-order valence-electron chi connectivity index (χ3n) is 2.36. The third kappa shape index (κ3) is 2.29. The number of aromatic carboxylic acids is 2. The molecule has 2 aromatic carbocycles. The molecule has 88 valence electrons. The molecule has 0 radical (unpaired) electrons. The van der Waals surface area contributed by atoms with Crippen LogP contribution in [-0.2, 0) is 16.5 Å². The Balaban J connectivity index is 0.00000144. The van der Waals surface area contributed by atoms with Gasteiger partial charge in [-0.25, -0.2) is 0 Å². The van der Waals surface area contributed by atoms with Crippen molar-refractivity contribution in [2.45, 2.75) is 0 Å². The summed E-state index contributed by atoms with van der Waals surface area (Å²) in [7, 11) is 0. The summed E-state index contributed by atoms with van der Waals surface area (Å²) < 4.78 is 0. The van der Waals surface area contributed by atoms with Crippen LogP contribution in [0.1, 0.15) is 20.7 Å². The smallest absolute Gasteiger partial charge is 0.545 e. The van der Waals surface area contributed by atoms with E-state index in [4.69, 9.17) is 0 Å². The standard InChI is InChI=1S/C12H8O4.Ni/c13-11(14)9-5-6-10(12(15)16)8-4-2-1-3-7(8)9;/h1-6H,(H,13,14)(H,15,16);/q;+2/p-2. The van der Waals surface area contributed by atoms with E-state index in [0.29, 0.717) is 10.8 Å². The van der Waals surface area contributed by atoms with Gasteiger partial charge in [0.25, 0.3) is 0 Å². The molecule has 0 N–H and O–H groups in total. The molecule has 0 aliphatic carbocycles. The summed E-state index contributed by atoms with van der Waals surface area (Å²) >= 11 is 0. The zero-order valence-corrected chi connectivity index (χ0v) is 9.40. The van der Waals surface area contributed by atoms with Crippen molar-refractivity contribution < 1.29 is 36.3 Å². The first-order chi connectivity index (χ1) is 7.61. The number of carbonyl (C=O) groups is 2. The van der Waals surface area contributed by atoms with Gasteiger partial charge in [0.15, 0.2) is 0 Å². The zero-order valence-electron chi connectivity index (χ0n) is 8.41. The van der Waals surface area contributed by atoms with E-state index in [1.807, 2.05) is 0 Å². The van der Waals surface area contributed by atoms with Crippen LogP contribution < -0.4 is 10.2 Å². The van der Waals surface area contributed by atoms with Crippen LogP contribution in [0.5, 0.6) is 0 Å². The monoisotopic (exact) mass is 272 g/mol. The SMILES string of the molecule is O=C([O-])c1ccc(C(=O)[O-])c2ccccc12.[Ni+2]. The van der Waals surface area contributed by atoms with Crippen molar-refractivity contribution in [3.63, 3.8) is 0 Å². The molecule has 17 heavy (non-hydrogen) atoms. The molecule has 0 aliphatic heterocycles. The maximum atomic E-state index is 10.8. The minimum absolute atomic E-state index is 0. The molecule has 0 aliphatic rings. The molecular weight excluding hydrogens is 267 g/mol. The maximum absolute atomic E-state index is 10.8. The molecule has 0 bridgehead atoms. The van der Waals surface area contributed by atoms with Crippen molar-refractivity contribution in [3.8, 4) is 0 Å². The minimum atomic E-state index is -1.33. The molecule has 0 spiro atoms. The third-order valence-corrected chi connectivity index (χ3v) is 2.36. The second-order valence-electron chi connectivity index (χ2n) is 3.28. The number of hydrogen-bond donors (Lipinski definition) is 0. The molecule has 0 heterocycles. The van der Waals surface area contributed by atoms with Crippen LogP contribution in [0.2, 0.25) is 0 Å². The molecule has 0 saturated heterocycles. The molecule has 5 heteroatoms. The van der Waals surface area contributed by atoms with E-state index in [-0.39, 0.29) is 27.6 Å². The Bertz CT molecular complexity index is 540. The molecule has 0 saturated carbocycles. The van der Waals surface area contributed by atoms with E-state index in [9.17, 15) is 19.8 Å². The minimum Gasteiger partial charge on any atom is -0.545 e. The fraction of sp³-hybridized carbons (Fsp3) is 0. The molecule has 0 aromatic heterocycles. The van der Waals surface area contributed by atoms with Gasteiger partial charge in [-0.1, -0.05) is 36.4 Å². The second-order valence-corrected chi connectivity index (χ2v) is 3.28. The summed E-state index contributed by atoms with van der Waals surface area (Å²) in [5, 5.41) is 22.3. The summed E-state index contributed by atoms with van der Waals surface area (Å²) in [4.78, 5) is 21.6. The van der Waals surface area contributed by atoms with E-state index in [1.54, 1.807) is 12.1 Å². The van der Waals surface area contributed by atoms with E-state index in [0.717, 1.165) is 0 Å². The average molecular weight is 273 g/mol. The Labute approximate surface area is 107 Å². The molecule has 0 fully saturated rings. The molecular formula is C12H6NiO4. The van der Waals surface area contributed by atoms with Gasteiger partial charge in [0.05, 0.1) is 11.9 Å². The van der Waals surface area contributed by atoms with Gasteiger partial charge in [-0.15, -0.1) is 0 Å². The summed E-state index contributed by atoms with van der Waals surface area (Å²) in [6.07, 6.45) is 0. The van der Waals surface area contributed by atoms with Crippen LogP contribution in [0.3, 0.4) is 0 Å². The fourth-order valence-electron chi connectivity index (χ4n) is 1.66. The van der Waals surface area contributed by atoms with E-state index in [1.165, 1.54) is 24.3 Å². The second kappa shape index (κ2) is 4.98. The quantitative estimate of drug-likeness (QED) is 0.695.